The van der Waals surface area contributed by atoms with Crippen molar-refractivity contribution in [3.8, 4) is 0 Å². The predicted molar refractivity (Wildman–Crippen MR) is 109 cm³/mol. The summed E-state index contributed by atoms with van der Waals surface area (Å²) in [7, 11) is 0. The van der Waals surface area contributed by atoms with Crippen molar-refractivity contribution in [2.45, 2.75) is 59.4 Å². The fourth-order valence-corrected chi connectivity index (χ4v) is 3.74. The standard InChI is InChI=1S/C15H18O3.C9H13N/c1-3-15(4-2)8-7-10-9-11(14(17)18)5-6-12(10)13(15)16;1-7-3-5-9(6-4-7)8(2)10/h5-6,9H,3-4,7-8H2,1-2H3,(H,17,18);3-6,8H,10H2,1-2H3/t;8-/m.0/s1. The molecule has 0 heterocycles. The van der Waals surface area contributed by atoms with Crippen molar-refractivity contribution in [3.63, 3.8) is 0 Å². The van der Waals surface area contributed by atoms with Crippen LogP contribution in [0.2, 0.25) is 0 Å². The number of carbonyl (C=O) groups is 2. The van der Waals surface area contributed by atoms with E-state index in [1.165, 1.54) is 17.2 Å². The zero-order chi connectivity index (χ0) is 20.9. The van der Waals surface area contributed by atoms with Crippen molar-refractivity contribution >= 4 is 11.8 Å². The molecule has 4 heteroatoms. The first-order valence-electron chi connectivity index (χ1n) is 10.0. The van der Waals surface area contributed by atoms with Gasteiger partial charge >= 0.3 is 0 Å². The third-order valence-electron chi connectivity index (χ3n) is 5.94. The van der Waals surface area contributed by atoms with Gasteiger partial charge in [-0.1, -0.05) is 55.8 Å². The molecule has 0 fully saturated rings. The van der Waals surface area contributed by atoms with Crippen LogP contribution >= 0.6 is 0 Å². The number of aryl methyl sites for hydroxylation is 2. The summed E-state index contributed by atoms with van der Waals surface area (Å²) in [6, 6.07) is 13.6. The van der Waals surface area contributed by atoms with Crippen LogP contribution in [0.25, 0.3) is 0 Å². The van der Waals surface area contributed by atoms with Crippen LogP contribution in [0.1, 0.15) is 83.5 Å². The number of carbonyl (C=O) groups excluding carboxylic acids is 2. The van der Waals surface area contributed by atoms with Crippen LogP contribution in [0.4, 0.5) is 0 Å². The Hall–Kier alpha value is -2.46. The van der Waals surface area contributed by atoms with E-state index >= 15 is 0 Å². The number of Topliss-reactive ketones (excluding diaryl/α,β-unsaturated/α-hetero) is 1. The van der Waals surface area contributed by atoms with Gasteiger partial charge in [0.05, 0.1) is 5.97 Å². The molecule has 2 aromatic rings. The minimum atomic E-state index is -1.19. The van der Waals surface area contributed by atoms with Gasteiger partial charge in [0.25, 0.3) is 0 Å². The van der Waals surface area contributed by atoms with Crippen LogP contribution in [0.15, 0.2) is 42.5 Å². The lowest BCUT2D eigenvalue weighted by Crippen LogP contribution is -2.51. The van der Waals surface area contributed by atoms with Crippen LogP contribution in [-0.2, 0) is 6.42 Å². The molecule has 0 unspecified atom stereocenters. The summed E-state index contributed by atoms with van der Waals surface area (Å²) >= 11 is 0. The molecule has 1 aliphatic rings. The lowest BCUT2D eigenvalue weighted by atomic mass is 9.67. The first-order chi connectivity index (χ1) is 13.2. The van der Waals surface area contributed by atoms with E-state index in [-0.39, 0.29) is 16.8 Å². The normalized spacial score (nSPS) is 15.8. The van der Waals surface area contributed by atoms with Crippen LogP contribution in [-0.4, -0.2) is 11.8 Å². The lowest BCUT2D eigenvalue weighted by Gasteiger charge is -2.35. The topological polar surface area (TPSA) is 84.8 Å². The number of quaternary nitrogens is 1. The number of aromatic carboxylic acids is 1. The minimum Gasteiger partial charge on any atom is -0.545 e. The van der Waals surface area contributed by atoms with Gasteiger partial charge < -0.3 is 15.6 Å². The Kier molecular flexibility index (Phi) is 7.14. The average molecular weight is 382 g/mol. The van der Waals surface area contributed by atoms with Gasteiger partial charge in [-0.3, -0.25) is 4.79 Å². The Morgan fingerprint density at radius 1 is 1.14 bits per heavy atom. The van der Waals surface area contributed by atoms with Crippen molar-refractivity contribution in [1.29, 1.82) is 0 Å². The number of rotatable bonds is 4. The maximum Gasteiger partial charge on any atom is 0.169 e. The van der Waals surface area contributed by atoms with E-state index in [0.29, 0.717) is 11.6 Å². The van der Waals surface area contributed by atoms with Crippen molar-refractivity contribution in [1.82, 2.24) is 0 Å². The van der Waals surface area contributed by atoms with Crippen LogP contribution in [0.5, 0.6) is 0 Å². The summed E-state index contributed by atoms with van der Waals surface area (Å²) in [6.07, 6.45) is 3.25. The smallest absolute Gasteiger partial charge is 0.169 e. The van der Waals surface area contributed by atoms with Gasteiger partial charge in [0.15, 0.2) is 5.78 Å². The molecular formula is C24H31NO3. The number of ketones is 1. The first-order valence-corrected chi connectivity index (χ1v) is 10.0. The van der Waals surface area contributed by atoms with Crippen LogP contribution in [0.3, 0.4) is 0 Å². The number of benzene rings is 2. The highest BCUT2D eigenvalue weighted by Crippen LogP contribution is 2.40. The highest BCUT2D eigenvalue weighted by Gasteiger charge is 2.39. The molecule has 0 bridgehead atoms. The Morgan fingerprint density at radius 2 is 1.75 bits per heavy atom. The molecule has 0 spiro atoms. The van der Waals surface area contributed by atoms with Crippen molar-refractivity contribution in [2.24, 2.45) is 5.41 Å². The maximum absolute atomic E-state index is 12.5. The van der Waals surface area contributed by atoms with E-state index < -0.39 is 5.97 Å². The Labute approximate surface area is 167 Å². The van der Waals surface area contributed by atoms with E-state index in [4.69, 9.17) is 0 Å². The molecule has 1 atom stereocenters. The number of carboxylic acids is 1. The average Bonchev–Trinajstić information content (AvgIpc) is 2.69. The zero-order valence-electron chi connectivity index (χ0n) is 17.4. The summed E-state index contributed by atoms with van der Waals surface area (Å²) < 4.78 is 0. The van der Waals surface area contributed by atoms with Crippen LogP contribution in [0, 0.1) is 12.3 Å². The molecule has 3 rings (SSSR count). The number of hydrogen-bond acceptors (Lipinski definition) is 3. The number of carboxylic acid groups (broad SMARTS) is 1. The monoisotopic (exact) mass is 381 g/mol. The highest BCUT2D eigenvalue weighted by molar-refractivity contribution is 6.03. The molecule has 2 aromatic carbocycles. The van der Waals surface area contributed by atoms with Gasteiger partial charge in [0.1, 0.15) is 6.04 Å². The second-order valence-electron chi connectivity index (χ2n) is 7.79. The quantitative estimate of drug-likeness (QED) is 0.882. The largest absolute Gasteiger partial charge is 0.545 e. The van der Waals surface area contributed by atoms with E-state index in [9.17, 15) is 14.7 Å². The predicted octanol–water partition coefficient (Wildman–Crippen LogP) is 3.28. The molecular weight excluding hydrogens is 350 g/mol. The van der Waals surface area contributed by atoms with Gasteiger partial charge in [-0.2, -0.15) is 0 Å². The Morgan fingerprint density at radius 3 is 2.25 bits per heavy atom. The molecule has 28 heavy (non-hydrogen) atoms. The molecule has 0 radical (unpaired) electrons. The van der Waals surface area contributed by atoms with Crippen molar-refractivity contribution in [3.05, 3.63) is 70.3 Å². The van der Waals surface area contributed by atoms with Gasteiger partial charge in [-0.05, 0) is 56.7 Å². The molecule has 1 aliphatic carbocycles. The van der Waals surface area contributed by atoms with Crippen molar-refractivity contribution < 1.29 is 20.4 Å². The second kappa shape index (κ2) is 9.16. The molecule has 0 saturated heterocycles. The Balaban J connectivity index is 0.000000237. The van der Waals surface area contributed by atoms with Crippen LogP contribution < -0.4 is 10.8 Å². The lowest BCUT2D eigenvalue weighted by molar-refractivity contribution is -0.420. The molecule has 0 saturated carbocycles. The summed E-state index contributed by atoms with van der Waals surface area (Å²) in [5, 5.41) is 10.8. The maximum atomic E-state index is 12.5. The fraction of sp³-hybridized carbons (Fsp3) is 0.417. The third kappa shape index (κ3) is 4.68. The molecule has 4 nitrogen and oxygen atoms in total. The fourth-order valence-electron chi connectivity index (χ4n) is 3.74. The molecule has 0 aliphatic heterocycles. The zero-order valence-corrected chi connectivity index (χ0v) is 17.4. The summed E-state index contributed by atoms with van der Waals surface area (Å²) in [5.74, 6) is -1.02. The van der Waals surface area contributed by atoms with Gasteiger partial charge in [-0.15, -0.1) is 0 Å². The van der Waals surface area contributed by atoms with Gasteiger partial charge in [-0.25, -0.2) is 0 Å². The molecule has 150 valence electrons. The molecule has 3 N–H and O–H groups in total. The Bertz CT molecular complexity index is 833. The summed E-state index contributed by atoms with van der Waals surface area (Å²) in [5.41, 5.74) is 8.00. The second-order valence-corrected chi connectivity index (χ2v) is 7.79. The van der Waals surface area contributed by atoms with E-state index in [1.807, 2.05) is 13.8 Å². The SMILES string of the molecule is CCC1(CC)CCc2cc(C(=O)[O-])ccc2C1=O.Cc1ccc([C@H](C)[NH3+])cc1. The van der Waals surface area contributed by atoms with Gasteiger partial charge in [0, 0.05) is 16.5 Å². The summed E-state index contributed by atoms with van der Waals surface area (Å²) in [6.45, 7) is 8.28. The highest BCUT2D eigenvalue weighted by atomic mass is 16.4. The molecule has 0 aromatic heterocycles. The van der Waals surface area contributed by atoms with E-state index in [2.05, 4.69) is 43.8 Å². The number of fused-ring (bicyclic) bond motifs is 1. The first kappa shape index (κ1) is 21.8. The molecule has 0 amide bonds. The van der Waals surface area contributed by atoms with Gasteiger partial charge in [0.2, 0.25) is 0 Å². The van der Waals surface area contributed by atoms with E-state index in [0.717, 1.165) is 31.2 Å². The number of hydrogen-bond donors (Lipinski definition) is 1. The van der Waals surface area contributed by atoms with Crippen molar-refractivity contribution in [2.75, 3.05) is 0 Å². The summed E-state index contributed by atoms with van der Waals surface area (Å²) in [4.78, 5) is 23.3. The minimum absolute atomic E-state index is 0.155. The van der Waals surface area contributed by atoms with E-state index in [1.54, 1.807) is 12.1 Å². The third-order valence-corrected chi connectivity index (χ3v) is 5.94.